The maximum absolute atomic E-state index is 12.4. The lowest BCUT2D eigenvalue weighted by atomic mass is 10.2. The average molecular weight is 494 g/mol. The Morgan fingerprint density at radius 3 is 2.17 bits per heavy atom. The lowest BCUT2D eigenvalue weighted by molar-refractivity contribution is 0.0846. The predicted molar refractivity (Wildman–Crippen MR) is 109 cm³/mol. The van der Waals surface area contributed by atoms with Crippen LogP contribution in [0.2, 0.25) is 0 Å². The topological polar surface area (TPSA) is 139 Å². The average Bonchev–Trinajstić information content (AvgIpc) is 3.27. The molecule has 30 heavy (non-hydrogen) atoms. The third kappa shape index (κ3) is 4.53. The van der Waals surface area contributed by atoms with Crippen LogP contribution < -0.4 is 10.9 Å². The molecule has 13 heteroatoms. The smallest absolute Gasteiger partial charge is 0.267 e. The third-order valence-electron chi connectivity index (χ3n) is 3.98. The molecule has 3 aromatic rings. The molecular formula is C17H16BrN7O4S. The standard InChI is InChI=1S/C17H16BrN7O4S/c1-24(2)30(28,29)15-9-12(5-8-14(15)18)17(27)21-20-16(26)11-3-6-13(7-4-11)25-10-19-22-23-25/h3-10H,1-2H3,(H,20,26)(H,21,27). The van der Waals surface area contributed by atoms with E-state index in [1.54, 1.807) is 24.3 Å². The summed E-state index contributed by atoms with van der Waals surface area (Å²) < 4.78 is 27.5. The molecule has 1 aromatic heterocycles. The zero-order chi connectivity index (χ0) is 21.9. The molecule has 0 unspecified atom stereocenters. The molecule has 0 atom stereocenters. The molecule has 2 aromatic carbocycles. The summed E-state index contributed by atoms with van der Waals surface area (Å²) in [6.07, 6.45) is 1.41. The number of halogens is 1. The minimum Gasteiger partial charge on any atom is -0.267 e. The first-order valence-corrected chi connectivity index (χ1v) is 10.6. The van der Waals surface area contributed by atoms with Crippen LogP contribution in [0.25, 0.3) is 5.69 Å². The molecule has 0 spiro atoms. The largest absolute Gasteiger partial charge is 0.269 e. The molecule has 156 valence electrons. The number of carbonyl (C=O) groups excluding carboxylic acids is 2. The van der Waals surface area contributed by atoms with Gasteiger partial charge >= 0.3 is 0 Å². The number of sulfonamides is 1. The molecule has 0 aliphatic rings. The van der Waals surface area contributed by atoms with Crippen molar-refractivity contribution >= 4 is 37.8 Å². The second kappa shape index (κ2) is 8.69. The first-order valence-electron chi connectivity index (χ1n) is 8.36. The van der Waals surface area contributed by atoms with Crippen LogP contribution in [0.1, 0.15) is 20.7 Å². The molecule has 11 nitrogen and oxygen atoms in total. The van der Waals surface area contributed by atoms with E-state index in [0.29, 0.717) is 15.7 Å². The molecule has 0 saturated carbocycles. The van der Waals surface area contributed by atoms with E-state index in [0.717, 1.165) is 4.31 Å². The molecule has 3 rings (SSSR count). The highest BCUT2D eigenvalue weighted by Gasteiger charge is 2.22. The number of amides is 2. The van der Waals surface area contributed by atoms with Gasteiger partial charge in [-0.05, 0) is 68.8 Å². The lowest BCUT2D eigenvalue weighted by Gasteiger charge is -2.14. The Kier molecular flexibility index (Phi) is 6.24. The second-order valence-electron chi connectivity index (χ2n) is 6.14. The van der Waals surface area contributed by atoms with Crippen LogP contribution in [0.3, 0.4) is 0 Å². The highest BCUT2D eigenvalue weighted by atomic mass is 79.9. The van der Waals surface area contributed by atoms with Crippen LogP contribution in [-0.4, -0.2) is 58.8 Å². The van der Waals surface area contributed by atoms with Gasteiger partial charge in [0.25, 0.3) is 11.8 Å². The number of aromatic nitrogens is 4. The molecule has 1 heterocycles. The minimum atomic E-state index is -3.76. The highest BCUT2D eigenvalue weighted by Crippen LogP contribution is 2.25. The summed E-state index contributed by atoms with van der Waals surface area (Å²) in [6.45, 7) is 0. The Hall–Kier alpha value is -3.16. The fourth-order valence-corrected chi connectivity index (χ4v) is 4.19. The van der Waals surface area contributed by atoms with Gasteiger partial charge < -0.3 is 0 Å². The lowest BCUT2D eigenvalue weighted by Crippen LogP contribution is -2.41. The third-order valence-corrected chi connectivity index (χ3v) is 6.79. The van der Waals surface area contributed by atoms with Crippen molar-refractivity contribution in [3.8, 4) is 5.69 Å². The Morgan fingerprint density at radius 2 is 1.60 bits per heavy atom. The van der Waals surface area contributed by atoms with Gasteiger partial charge in [-0.25, -0.2) is 17.4 Å². The van der Waals surface area contributed by atoms with E-state index in [-0.39, 0.29) is 10.5 Å². The number of hydrogen-bond donors (Lipinski definition) is 2. The SMILES string of the molecule is CN(C)S(=O)(=O)c1cc(C(=O)NNC(=O)c2ccc(-n3cnnn3)cc2)ccc1Br. The van der Waals surface area contributed by atoms with Gasteiger partial charge in [0.05, 0.1) is 10.6 Å². The molecule has 0 fully saturated rings. The fraction of sp³-hybridized carbons (Fsp3) is 0.118. The van der Waals surface area contributed by atoms with Crippen LogP contribution >= 0.6 is 15.9 Å². The van der Waals surface area contributed by atoms with Gasteiger partial charge in [-0.2, -0.15) is 0 Å². The molecule has 0 bridgehead atoms. The van der Waals surface area contributed by atoms with Gasteiger partial charge in [-0.1, -0.05) is 0 Å². The van der Waals surface area contributed by atoms with Gasteiger partial charge in [-0.3, -0.25) is 20.4 Å². The zero-order valence-electron chi connectivity index (χ0n) is 15.8. The molecule has 2 amide bonds. The van der Waals surface area contributed by atoms with Gasteiger partial charge in [0.1, 0.15) is 6.33 Å². The molecule has 0 radical (unpaired) electrons. The van der Waals surface area contributed by atoms with E-state index in [1.807, 2.05) is 0 Å². The van der Waals surface area contributed by atoms with Crippen molar-refractivity contribution in [2.75, 3.05) is 14.1 Å². The Labute approximate surface area is 180 Å². The first-order chi connectivity index (χ1) is 14.2. The van der Waals surface area contributed by atoms with Crippen molar-refractivity contribution in [3.05, 3.63) is 64.4 Å². The van der Waals surface area contributed by atoms with Crippen molar-refractivity contribution in [1.82, 2.24) is 35.4 Å². The summed E-state index contributed by atoms with van der Waals surface area (Å²) in [5.41, 5.74) is 5.57. The Bertz CT molecular complexity index is 1180. The number of rotatable bonds is 5. The normalized spacial score (nSPS) is 11.3. The van der Waals surface area contributed by atoms with Gasteiger partial charge in [0.2, 0.25) is 10.0 Å². The molecule has 0 aliphatic carbocycles. The van der Waals surface area contributed by atoms with Gasteiger partial charge in [0.15, 0.2) is 0 Å². The second-order valence-corrected chi connectivity index (χ2v) is 9.12. The van der Waals surface area contributed by atoms with Crippen LogP contribution in [0.4, 0.5) is 0 Å². The summed E-state index contributed by atoms with van der Waals surface area (Å²) in [5.74, 6) is -1.22. The number of nitrogens with zero attached hydrogens (tertiary/aromatic N) is 5. The first kappa shape index (κ1) is 21.5. The van der Waals surface area contributed by atoms with Gasteiger partial charge in [-0.15, -0.1) is 5.10 Å². The molecule has 0 aliphatic heterocycles. The number of hydrogen-bond acceptors (Lipinski definition) is 7. The number of benzene rings is 2. The van der Waals surface area contributed by atoms with Crippen LogP contribution in [0, 0.1) is 0 Å². The highest BCUT2D eigenvalue weighted by molar-refractivity contribution is 9.10. The van der Waals surface area contributed by atoms with E-state index in [9.17, 15) is 18.0 Å². The van der Waals surface area contributed by atoms with Gasteiger partial charge in [0, 0.05) is 29.7 Å². The van der Waals surface area contributed by atoms with E-state index in [2.05, 4.69) is 42.3 Å². The van der Waals surface area contributed by atoms with Crippen LogP contribution in [0.5, 0.6) is 0 Å². The summed E-state index contributed by atoms with van der Waals surface area (Å²) >= 11 is 3.18. The maximum Gasteiger partial charge on any atom is 0.269 e. The van der Waals surface area contributed by atoms with Crippen molar-refractivity contribution in [2.24, 2.45) is 0 Å². The van der Waals surface area contributed by atoms with Crippen molar-refractivity contribution in [3.63, 3.8) is 0 Å². The fourth-order valence-electron chi connectivity index (χ4n) is 2.34. The number of hydrazine groups is 1. The van der Waals surface area contributed by atoms with Crippen LogP contribution in [0.15, 0.2) is 58.2 Å². The monoisotopic (exact) mass is 493 g/mol. The van der Waals surface area contributed by atoms with E-state index in [1.165, 1.54) is 43.3 Å². The zero-order valence-corrected chi connectivity index (χ0v) is 18.2. The molecule has 2 N–H and O–H groups in total. The van der Waals surface area contributed by atoms with Crippen molar-refractivity contribution in [2.45, 2.75) is 4.90 Å². The minimum absolute atomic E-state index is 0.0629. The number of tetrazole rings is 1. The van der Waals surface area contributed by atoms with Crippen molar-refractivity contribution in [1.29, 1.82) is 0 Å². The van der Waals surface area contributed by atoms with Crippen molar-refractivity contribution < 1.29 is 18.0 Å². The number of nitrogens with one attached hydrogen (secondary N) is 2. The summed E-state index contributed by atoms with van der Waals surface area (Å²) in [6, 6.07) is 10.5. The number of carbonyl (C=O) groups is 2. The predicted octanol–water partition coefficient (Wildman–Crippen LogP) is 0.750. The molecular weight excluding hydrogens is 478 g/mol. The Balaban J connectivity index is 1.69. The Morgan fingerprint density at radius 1 is 1.00 bits per heavy atom. The van der Waals surface area contributed by atoms with E-state index >= 15 is 0 Å². The molecule has 0 saturated heterocycles. The maximum atomic E-state index is 12.4. The quantitative estimate of drug-likeness (QED) is 0.499. The van der Waals surface area contributed by atoms with E-state index < -0.39 is 21.8 Å². The van der Waals surface area contributed by atoms with E-state index in [4.69, 9.17) is 0 Å². The summed E-state index contributed by atoms with van der Waals surface area (Å²) in [5, 5.41) is 10.8. The van der Waals surface area contributed by atoms with Crippen LogP contribution in [-0.2, 0) is 10.0 Å². The summed E-state index contributed by atoms with van der Waals surface area (Å²) in [4.78, 5) is 24.6. The summed E-state index contributed by atoms with van der Waals surface area (Å²) in [7, 11) is -0.981.